The minimum Gasteiger partial charge on any atom is -0.305 e. The first-order chi connectivity index (χ1) is 10.3. The van der Waals surface area contributed by atoms with E-state index in [2.05, 4.69) is 25.1 Å². The second-order valence-corrected chi connectivity index (χ2v) is 4.39. The van der Waals surface area contributed by atoms with Gasteiger partial charge in [0.05, 0.1) is 24.3 Å². The van der Waals surface area contributed by atoms with Gasteiger partial charge in [0, 0.05) is 36.4 Å². The van der Waals surface area contributed by atoms with Crippen molar-refractivity contribution in [3.05, 3.63) is 59.8 Å². The van der Waals surface area contributed by atoms with E-state index < -0.39 is 0 Å². The van der Waals surface area contributed by atoms with E-state index in [0.29, 0.717) is 11.3 Å². The third-order valence-corrected chi connectivity index (χ3v) is 3.07. The molecule has 0 bridgehead atoms. The molecule has 0 aliphatic carbocycles. The summed E-state index contributed by atoms with van der Waals surface area (Å²) in [7, 11) is 0. The molecular weight excluding hydrogens is 270 g/mol. The number of hydrogen-bond acceptors (Lipinski definition) is 5. The third-order valence-electron chi connectivity index (χ3n) is 3.07. The first kappa shape index (κ1) is 11.5. The zero-order valence-corrected chi connectivity index (χ0v) is 10.7. The van der Waals surface area contributed by atoms with Crippen LogP contribution in [0.2, 0.25) is 0 Å². The van der Waals surface area contributed by atoms with Crippen LogP contribution in [0.15, 0.2) is 54.2 Å². The minimum absolute atomic E-state index is 0.189. The van der Waals surface area contributed by atoms with Crippen LogP contribution >= 0.6 is 0 Å². The Balaban J connectivity index is 1.85. The van der Waals surface area contributed by atoms with Crippen molar-refractivity contribution in [1.82, 2.24) is 34.3 Å². The molecule has 0 radical (unpaired) electrons. The highest BCUT2D eigenvalue weighted by Gasteiger charge is 2.10. The Hall–Kier alpha value is -3.29. The highest BCUT2D eigenvalue weighted by molar-refractivity contribution is 5.60. The van der Waals surface area contributed by atoms with Crippen molar-refractivity contribution in [2.75, 3.05) is 0 Å². The molecule has 0 aliphatic rings. The number of aromatic amines is 1. The average molecular weight is 279 g/mol. The second-order valence-electron chi connectivity index (χ2n) is 4.39. The van der Waals surface area contributed by atoms with Gasteiger partial charge in [0.2, 0.25) is 0 Å². The summed E-state index contributed by atoms with van der Waals surface area (Å²) in [6.07, 6.45) is 11.6. The number of hydrogen-bond donors (Lipinski definition) is 1. The molecule has 8 nitrogen and oxygen atoms in total. The van der Waals surface area contributed by atoms with Crippen molar-refractivity contribution in [2.24, 2.45) is 0 Å². The largest absolute Gasteiger partial charge is 0.305 e. The van der Waals surface area contributed by atoms with E-state index >= 15 is 0 Å². The highest BCUT2D eigenvalue weighted by atomic mass is 16.1. The van der Waals surface area contributed by atoms with Gasteiger partial charge in [-0.25, -0.2) is 9.20 Å². The molecule has 1 N–H and O–H groups in total. The number of nitrogens with zero attached hydrogens (tertiary/aromatic N) is 6. The Morgan fingerprint density at radius 3 is 2.90 bits per heavy atom. The Kier molecular flexibility index (Phi) is 2.40. The van der Waals surface area contributed by atoms with Gasteiger partial charge in [0.15, 0.2) is 5.65 Å². The van der Waals surface area contributed by atoms with E-state index in [9.17, 15) is 4.79 Å². The lowest BCUT2D eigenvalue weighted by atomic mass is 10.3. The van der Waals surface area contributed by atoms with Gasteiger partial charge < -0.3 is 4.98 Å². The van der Waals surface area contributed by atoms with Gasteiger partial charge in [-0.15, -0.1) is 0 Å². The van der Waals surface area contributed by atoms with Crippen molar-refractivity contribution >= 4 is 5.65 Å². The van der Waals surface area contributed by atoms with Crippen molar-refractivity contribution in [2.45, 2.75) is 0 Å². The molecule has 8 heteroatoms. The van der Waals surface area contributed by atoms with Crippen LogP contribution in [0.3, 0.4) is 0 Å². The van der Waals surface area contributed by atoms with E-state index in [0.717, 1.165) is 11.3 Å². The summed E-state index contributed by atoms with van der Waals surface area (Å²) < 4.78 is 3.22. The van der Waals surface area contributed by atoms with Crippen LogP contribution in [-0.4, -0.2) is 34.3 Å². The van der Waals surface area contributed by atoms with Crippen LogP contribution in [0.25, 0.3) is 22.6 Å². The van der Waals surface area contributed by atoms with Crippen LogP contribution in [-0.2, 0) is 0 Å². The summed E-state index contributed by atoms with van der Waals surface area (Å²) in [6.45, 7) is 0. The summed E-state index contributed by atoms with van der Waals surface area (Å²) in [5.41, 5.74) is 2.64. The van der Waals surface area contributed by atoms with Crippen molar-refractivity contribution in [3.8, 4) is 16.9 Å². The maximum Gasteiger partial charge on any atom is 0.251 e. The van der Waals surface area contributed by atoms with Crippen LogP contribution in [0.5, 0.6) is 0 Å². The topological polar surface area (TPSA) is 93.8 Å². The zero-order valence-electron chi connectivity index (χ0n) is 10.7. The molecule has 4 heterocycles. The first-order valence-electron chi connectivity index (χ1n) is 6.19. The summed E-state index contributed by atoms with van der Waals surface area (Å²) in [5, 5.41) is 8.46. The molecular formula is C13H9N7O. The molecule has 0 aliphatic heterocycles. The SMILES string of the molecule is O=c1ccn2ncc(-n3cc(-c4cnccn4)cn3)c2[nH]1. The van der Waals surface area contributed by atoms with Gasteiger partial charge in [-0.1, -0.05) is 0 Å². The second kappa shape index (κ2) is 4.37. The quantitative estimate of drug-likeness (QED) is 0.582. The molecule has 4 aromatic heterocycles. The van der Waals surface area contributed by atoms with Crippen molar-refractivity contribution in [1.29, 1.82) is 0 Å². The van der Waals surface area contributed by atoms with E-state index in [1.165, 1.54) is 6.07 Å². The van der Waals surface area contributed by atoms with E-state index in [-0.39, 0.29) is 5.56 Å². The molecule has 0 spiro atoms. The van der Waals surface area contributed by atoms with Gasteiger partial charge in [0.1, 0.15) is 5.69 Å². The maximum atomic E-state index is 11.4. The van der Waals surface area contributed by atoms with Crippen molar-refractivity contribution < 1.29 is 0 Å². The lowest BCUT2D eigenvalue weighted by molar-refractivity contribution is 0.883. The van der Waals surface area contributed by atoms with Crippen LogP contribution < -0.4 is 5.56 Å². The van der Waals surface area contributed by atoms with Crippen LogP contribution in [0.1, 0.15) is 0 Å². The molecule has 4 aromatic rings. The lowest BCUT2D eigenvalue weighted by Gasteiger charge is -1.98. The van der Waals surface area contributed by atoms with E-state index in [1.54, 1.807) is 46.4 Å². The number of H-pyrrole nitrogens is 1. The Morgan fingerprint density at radius 1 is 1.10 bits per heavy atom. The predicted octanol–water partition coefficient (Wildman–Crippen LogP) is 0.665. The van der Waals surface area contributed by atoms with Crippen molar-refractivity contribution in [3.63, 3.8) is 0 Å². The van der Waals surface area contributed by atoms with E-state index in [4.69, 9.17) is 0 Å². The lowest BCUT2D eigenvalue weighted by Crippen LogP contribution is -2.07. The molecule has 0 saturated carbocycles. The smallest absolute Gasteiger partial charge is 0.251 e. The van der Waals surface area contributed by atoms with Gasteiger partial charge in [-0.05, 0) is 0 Å². The number of aromatic nitrogens is 7. The molecule has 0 saturated heterocycles. The maximum absolute atomic E-state index is 11.4. The summed E-state index contributed by atoms with van der Waals surface area (Å²) >= 11 is 0. The Bertz CT molecular complexity index is 967. The number of rotatable bonds is 2. The third kappa shape index (κ3) is 1.89. The summed E-state index contributed by atoms with van der Waals surface area (Å²) in [5.74, 6) is 0. The zero-order chi connectivity index (χ0) is 14.2. The summed E-state index contributed by atoms with van der Waals surface area (Å²) in [6, 6.07) is 1.41. The van der Waals surface area contributed by atoms with Gasteiger partial charge in [-0.3, -0.25) is 14.8 Å². The molecule has 102 valence electrons. The summed E-state index contributed by atoms with van der Waals surface area (Å²) in [4.78, 5) is 22.4. The van der Waals surface area contributed by atoms with Crippen LogP contribution in [0, 0.1) is 0 Å². The standard InChI is InChI=1S/C13H9N7O/c21-12-1-4-19-13(18-12)11(7-17-19)20-8-9(5-16-20)10-6-14-2-3-15-10/h1-8H,(H,18,21). The fourth-order valence-corrected chi connectivity index (χ4v) is 2.09. The van der Waals surface area contributed by atoms with Gasteiger partial charge >= 0.3 is 0 Å². The molecule has 0 unspecified atom stereocenters. The molecule has 0 amide bonds. The number of nitrogens with one attached hydrogen (secondary N) is 1. The Morgan fingerprint density at radius 2 is 2.05 bits per heavy atom. The van der Waals surface area contributed by atoms with Gasteiger partial charge in [0.25, 0.3) is 5.56 Å². The number of fused-ring (bicyclic) bond motifs is 1. The van der Waals surface area contributed by atoms with Gasteiger partial charge in [-0.2, -0.15) is 10.2 Å². The monoisotopic (exact) mass is 279 g/mol. The minimum atomic E-state index is -0.189. The highest BCUT2D eigenvalue weighted by Crippen LogP contribution is 2.18. The molecule has 0 atom stereocenters. The predicted molar refractivity (Wildman–Crippen MR) is 74.0 cm³/mol. The normalized spacial score (nSPS) is 11.0. The van der Waals surface area contributed by atoms with Crippen LogP contribution in [0.4, 0.5) is 0 Å². The molecule has 0 fully saturated rings. The molecule has 0 aromatic carbocycles. The fraction of sp³-hybridized carbons (Fsp3) is 0. The van der Waals surface area contributed by atoms with E-state index in [1.807, 2.05) is 6.20 Å². The first-order valence-corrected chi connectivity index (χ1v) is 6.19. The Labute approximate surface area is 117 Å². The fourth-order valence-electron chi connectivity index (χ4n) is 2.09. The molecule has 4 rings (SSSR count). The molecule has 21 heavy (non-hydrogen) atoms. The average Bonchev–Trinajstić information content (AvgIpc) is 3.14.